The largest absolute Gasteiger partial charge is 0.457 e. The molecule has 0 fully saturated rings. The highest BCUT2D eigenvalue weighted by Crippen LogP contribution is 2.36. The number of esters is 2. The van der Waals surface area contributed by atoms with Gasteiger partial charge in [-0.25, -0.2) is 9.59 Å². The maximum absolute atomic E-state index is 11.7. The van der Waals surface area contributed by atoms with Crippen molar-refractivity contribution in [1.29, 1.82) is 0 Å². The molecule has 0 aliphatic carbocycles. The molecule has 0 bridgehead atoms. The van der Waals surface area contributed by atoms with E-state index in [0.29, 0.717) is 11.1 Å². The lowest BCUT2D eigenvalue weighted by molar-refractivity contribution is -0.141. The molecule has 7 aromatic carbocycles. The summed E-state index contributed by atoms with van der Waals surface area (Å²) in [5.74, 6) is -0.706. The molecule has 0 heterocycles. The second-order valence-corrected chi connectivity index (χ2v) is 11.1. The number of fused-ring (bicyclic) bond motifs is 2. The predicted octanol–water partition coefficient (Wildman–Crippen LogP) is 9.82. The van der Waals surface area contributed by atoms with Gasteiger partial charge >= 0.3 is 11.9 Å². The highest BCUT2D eigenvalue weighted by molar-refractivity contribution is 6.23. The summed E-state index contributed by atoms with van der Waals surface area (Å²) in [4.78, 5) is 23.3. The first-order valence-electron chi connectivity index (χ1n) is 14.5. The summed E-state index contributed by atoms with van der Waals surface area (Å²) in [6, 6.07) is 37.5. The van der Waals surface area contributed by atoms with Crippen molar-refractivity contribution >= 4 is 65.8 Å². The predicted molar refractivity (Wildman–Crippen MR) is 181 cm³/mol. The van der Waals surface area contributed by atoms with Crippen molar-refractivity contribution in [3.05, 3.63) is 145 Å². The Kier molecular flexibility index (Phi) is 7.82. The van der Waals surface area contributed by atoms with E-state index in [-0.39, 0.29) is 25.2 Å². The highest BCUT2D eigenvalue weighted by atomic mass is 16.5. The molecule has 0 spiro atoms. The first-order chi connectivity index (χ1) is 21.3. The van der Waals surface area contributed by atoms with Crippen molar-refractivity contribution in [2.75, 3.05) is 0 Å². The van der Waals surface area contributed by atoms with Crippen molar-refractivity contribution in [3.63, 3.8) is 0 Å². The summed E-state index contributed by atoms with van der Waals surface area (Å²) in [6.45, 7) is 11.1. The van der Waals surface area contributed by atoms with Gasteiger partial charge in [-0.3, -0.25) is 0 Å². The first kappa shape index (κ1) is 28.6. The smallest absolute Gasteiger partial charge is 0.333 e. The third kappa shape index (κ3) is 5.50. The summed E-state index contributed by atoms with van der Waals surface area (Å²) < 4.78 is 10.7. The Labute approximate surface area is 256 Å². The Balaban J connectivity index is 0.000000157. The van der Waals surface area contributed by atoms with Crippen molar-refractivity contribution in [1.82, 2.24) is 0 Å². The summed E-state index contributed by atoms with van der Waals surface area (Å²) in [7, 11) is 0. The van der Waals surface area contributed by atoms with Crippen LogP contribution in [0.15, 0.2) is 133 Å². The van der Waals surface area contributed by atoms with E-state index in [2.05, 4.69) is 92.0 Å². The SMILES string of the molecule is C=C(C)C(=O)OCc1c2ccccc2cc2ccccc12.C=C(C)C(=O)OCc1ccc2ccc3cccc4ccc1c2c34. The van der Waals surface area contributed by atoms with Gasteiger partial charge in [0.1, 0.15) is 13.2 Å². The van der Waals surface area contributed by atoms with Crippen LogP contribution in [0.25, 0.3) is 53.9 Å². The molecular weight excluding hydrogens is 544 g/mol. The van der Waals surface area contributed by atoms with Crippen molar-refractivity contribution in [2.24, 2.45) is 0 Å². The molecule has 0 unspecified atom stereocenters. The monoisotopic (exact) mass is 576 g/mol. The lowest BCUT2D eigenvalue weighted by Gasteiger charge is -2.14. The number of carbonyl (C=O) groups excluding carboxylic acids is 2. The molecule has 0 saturated carbocycles. The van der Waals surface area contributed by atoms with E-state index in [9.17, 15) is 9.59 Å². The number of carbonyl (C=O) groups is 2. The lowest BCUT2D eigenvalue weighted by Crippen LogP contribution is -2.05. The minimum absolute atomic E-state index is 0.257. The van der Waals surface area contributed by atoms with Gasteiger partial charge in [0.05, 0.1) is 0 Å². The maximum Gasteiger partial charge on any atom is 0.333 e. The van der Waals surface area contributed by atoms with Gasteiger partial charge in [-0.2, -0.15) is 0 Å². The third-order valence-corrected chi connectivity index (χ3v) is 7.91. The normalized spacial score (nSPS) is 11.0. The van der Waals surface area contributed by atoms with Crippen LogP contribution in [-0.2, 0) is 32.3 Å². The molecule has 0 aromatic heterocycles. The first-order valence-corrected chi connectivity index (χ1v) is 14.5. The molecule has 7 aromatic rings. The van der Waals surface area contributed by atoms with Crippen molar-refractivity contribution < 1.29 is 19.1 Å². The molecule has 0 radical (unpaired) electrons. The molecule has 216 valence electrons. The van der Waals surface area contributed by atoms with E-state index < -0.39 is 0 Å². The van der Waals surface area contributed by atoms with Gasteiger partial charge in [0, 0.05) is 16.7 Å². The molecule has 4 heteroatoms. The zero-order chi connectivity index (χ0) is 30.8. The minimum Gasteiger partial charge on any atom is -0.457 e. The zero-order valence-electron chi connectivity index (χ0n) is 24.9. The van der Waals surface area contributed by atoms with Crippen LogP contribution in [0.3, 0.4) is 0 Å². The van der Waals surface area contributed by atoms with Crippen LogP contribution in [0.5, 0.6) is 0 Å². The van der Waals surface area contributed by atoms with Crippen molar-refractivity contribution in [2.45, 2.75) is 27.1 Å². The summed E-state index contributed by atoms with van der Waals surface area (Å²) >= 11 is 0. The third-order valence-electron chi connectivity index (χ3n) is 7.91. The molecule has 7 rings (SSSR count). The van der Waals surface area contributed by atoms with E-state index >= 15 is 0 Å². The van der Waals surface area contributed by atoms with Crippen molar-refractivity contribution in [3.8, 4) is 0 Å². The van der Waals surface area contributed by atoms with E-state index in [0.717, 1.165) is 38.1 Å². The van der Waals surface area contributed by atoms with Crippen LogP contribution < -0.4 is 0 Å². The molecular formula is C40H32O4. The fourth-order valence-electron chi connectivity index (χ4n) is 5.71. The summed E-state index contributed by atoms with van der Waals surface area (Å²) in [6.07, 6.45) is 0. The molecule has 0 aliphatic heterocycles. The summed E-state index contributed by atoms with van der Waals surface area (Å²) in [5.41, 5.74) is 2.89. The average molecular weight is 577 g/mol. The van der Waals surface area contributed by atoms with Crippen LogP contribution in [0.1, 0.15) is 25.0 Å². The molecule has 0 N–H and O–H groups in total. The maximum atomic E-state index is 11.7. The number of ether oxygens (including phenoxy) is 2. The molecule has 4 nitrogen and oxygen atoms in total. The van der Waals surface area contributed by atoms with Crippen LogP contribution in [-0.4, -0.2) is 11.9 Å². The quantitative estimate of drug-likeness (QED) is 0.0856. The van der Waals surface area contributed by atoms with Crippen LogP contribution >= 0.6 is 0 Å². The standard InChI is InChI=1S/C21H16O2.C19H16O2/c1-13(2)21(22)23-12-17-9-8-16-7-6-14-4-3-5-15-10-11-18(17)20(16)19(14)15;1-13(2)19(20)21-12-18-16-9-5-3-7-14(16)11-15-8-4-6-10-17(15)18/h3-11H,1,12H2,2H3;3-11H,1,12H2,2H3. The molecule has 44 heavy (non-hydrogen) atoms. The Morgan fingerprint density at radius 3 is 1.59 bits per heavy atom. The van der Waals surface area contributed by atoms with Gasteiger partial charge in [-0.15, -0.1) is 0 Å². The van der Waals surface area contributed by atoms with E-state index in [1.807, 2.05) is 30.3 Å². The van der Waals surface area contributed by atoms with Gasteiger partial charge in [-0.05, 0) is 79.3 Å². The van der Waals surface area contributed by atoms with E-state index in [1.165, 1.54) is 26.9 Å². The Morgan fingerprint density at radius 1 is 0.523 bits per heavy atom. The number of benzene rings is 7. The number of hydrogen-bond donors (Lipinski definition) is 0. The number of rotatable bonds is 6. The fraction of sp³-hybridized carbons (Fsp3) is 0.100. The van der Waals surface area contributed by atoms with Gasteiger partial charge in [0.2, 0.25) is 0 Å². The van der Waals surface area contributed by atoms with Gasteiger partial charge in [-0.1, -0.05) is 116 Å². The Bertz CT molecular complexity index is 2150. The van der Waals surface area contributed by atoms with Gasteiger partial charge < -0.3 is 9.47 Å². The molecule has 0 amide bonds. The average Bonchev–Trinajstić information content (AvgIpc) is 3.04. The molecule has 0 aliphatic rings. The number of hydrogen-bond acceptors (Lipinski definition) is 4. The minimum atomic E-state index is -0.355. The highest BCUT2D eigenvalue weighted by Gasteiger charge is 2.13. The Morgan fingerprint density at radius 2 is 1.00 bits per heavy atom. The Hall–Kier alpha value is -5.48. The van der Waals surface area contributed by atoms with Crippen LogP contribution in [0.4, 0.5) is 0 Å². The molecule has 0 atom stereocenters. The van der Waals surface area contributed by atoms with Crippen LogP contribution in [0.2, 0.25) is 0 Å². The second-order valence-electron chi connectivity index (χ2n) is 11.1. The van der Waals surface area contributed by atoms with Gasteiger partial charge in [0.25, 0.3) is 0 Å². The fourth-order valence-corrected chi connectivity index (χ4v) is 5.71. The zero-order valence-corrected chi connectivity index (χ0v) is 24.9. The van der Waals surface area contributed by atoms with Gasteiger partial charge in [0.15, 0.2) is 0 Å². The summed E-state index contributed by atoms with van der Waals surface area (Å²) in [5, 5.41) is 11.9. The van der Waals surface area contributed by atoms with E-state index in [4.69, 9.17) is 9.47 Å². The van der Waals surface area contributed by atoms with Crippen LogP contribution in [0, 0.1) is 0 Å². The lowest BCUT2D eigenvalue weighted by atomic mass is 9.92. The van der Waals surface area contributed by atoms with E-state index in [1.54, 1.807) is 13.8 Å². The molecule has 0 saturated heterocycles. The second kappa shape index (κ2) is 12.0. The topological polar surface area (TPSA) is 52.6 Å².